The smallest absolute Gasteiger partial charge is 0.142 e. The maximum Gasteiger partial charge on any atom is 0.142 e. The predicted octanol–water partition coefficient (Wildman–Crippen LogP) is 0.881. The number of rotatable bonds is 3. The molecule has 3 heteroatoms. The molecule has 0 heterocycles. The van der Waals surface area contributed by atoms with Crippen LogP contribution in [-0.2, 0) is 4.79 Å². The molecule has 0 saturated heterocycles. The Balaban J connectivity index is 0. The molecular weight excluding hydrogens is 182 g/mol. The summed E-state index contributed by atoms with van der Waals surface area (Å²) >= 11 is 0. The van der Waals surface area contributed by atoms with E-state index in [4.69, 9.17) is 0 Å². The molecule has 0 aromatic heterocycles. The van der Waals surface area contributed by atoms with E-state index in [-0.39, 0.29) is 17.0 Å². The molecule has 0 N–H and O–H groups in total. The summed E-state index contributed by atoms with van der Waals surface area (Å²) in [4.78, 5) is 11.7. The van der Waals surface area contributed by atoms with Crippen molar-refractivity contribution in [1.82, 2.24) is 4.90 Å². The molecule has 0 saturated carbocycles. The average Bonchev–Trinajstić information content (AvgIpc) is 1.66. The number of allylic oxidation sites excluding steroid dienone is 1. The second kappa shape index (κ2) is 7.85. The summed E-state index contributed by atoms with van der Waals surface area (Å²) in [5.74, 6) is 0. The molecule has 0 amide bonds. The molecule has 0 rings (SSSR count). The third-order valence-electron chi connectivity index (χ3n) is 0.685. The fourth-order valence-corrected chi connectivity index (χ4v) is 0.327. The maximum absolute atomic E-state index is 9.68. The summed E-state index contributed by atoms with van der Waals surface area (Å²) in [6, 6.07) is 0. The van der Waals surface area contributed by atoms with Crippen LogP contribution in [0.25, 0.3) is 0 Å². The predicted molar refractivity (Wildman–Crippen MR) is 44.1 cm³/mol. The minimum Gasteiger partial charge on any atom is -0.306 e. The quantitative estimate of drug-likeness (QED) is 0.491. The van der Waals surface area contributed by atoms with Crippen LogP contribution >= 0.6 is 17.0 Å². The van der Waals surface area contributed by atoms with Crippen LogP contribution < -0.4 is 0 Å². The van der Waals surface area contributed by atoms with E-state index in [2.05, 4.69) is 0 Å². The maximum atomic E-state index is 9.68. The Morgan fingerprint density at radius 3 is 2.33 bits per heavy atom. The molecule has 0 fully saturated rings. The van der Waals surface area contributed by atoms with E-state index in [0.717, 1.165) is 12.8 Å². The number of halogens is 1. The van der Waals surface area contributed by atoms with Gasteiger partial charge < -0.3 is 4.90 Å². The SMILES string of the molecule is Br.CN(C)CC=CC=O. The molecule has 2 nitrogen and oxygen atoms in total. The summed E-state index contributed by atoms with van der Waals surface area (Å²) in [5, 5.41) is 0. The van der Waals surface area contributed by atoms with Crippen LogP contribution in [0.15, 0.2) is 12.2 Å². The Morgan fingerprint density at radius 1 is 1.44 bits per heavy atom. The second-order valence-electron chi connectivity index (χ2n) is 1.83. The lowest BCUT2D eigenvalue weighted by molar-refractivity contribution is -0.104. The van der Waals surface area contributed by atoms with Crippen molar-refractivity contribution in [1.29, 1.82) is 0 Å². The molecule has 0 aliphatic carbocycles. The van der Waals surface area contributed by atoms with E-state index in [9.17, 15) is 4.79 Å². The van der Waals surface area contributed by atoms with Crippen LogP contribution in [-0.4, -0.2) is 31.8 Å². The van der Waals surface area contributed by atoms with Gasteiger partial charge >= 0.3 is 0 Å². The number of nitrogens with zero attached hydrogens (tertiary/aromatic N) is 1. The first-order chi connectivity index (χ1) is 3.77. The van der Waals surface area contributed by atoms with Gasteiger partial charge in [-0.15, -0.1) is 17.0 Å². The van der Waals surface area contributed by atoms with Crippen LogP contribution in [0.2, 0.25) is 0 Å². The van der Waals surface area contributed by atoms with Crippen LogP contribution in [0, 0.1) is 0 Å². The zero-order chi connectivity index (χ0) is 6.41. The Labute approximate surface area is 66.3 Å². The summed E-state index contributed by atoms with van der Waals surface area (Å²) in [6.07, 6.45) is 4.09. The Kier molecular flexibility index (Phi) is 10.1. The molecule has 9 heavy (non-hydrogen) atoms. The van der Waals surface area contributed by atoms with Crippen LogP contribution in [0.3, 0.4) is 0 Å². The standard InChI is InChI=1S/C6H11NO.BrH/c1-7(2)5-3-4-6-8;/h3-4,6H,5H2,1-2H3;1H. The molecule has 0 aliphatic rings. The minimum atomic E-state index is 0. The van der Waals surface area contributed by atoms with Gasteiger partial charge in [-0.2, -0.15) is 0 Å². The minimum absolute atomic E-state index is 0. The van der Waals surface area contributed by atoms with Crippen molar-refractivity contribution in [3.63, 3.8) is 0 Å². The highest BCUT2D eigenvalue weighted by molar-refractivity contribution is 8.93. The Bertz CT molecular complexity index is 91.1. The second-order valence-corrected chi connectivity index (χ2v) is 1.83. The van der Waals surface area contributed by atoms with Crippen molar-refractivity contribution in [2.45, 2.75) is 0 Å². The van der Waals surface area contributed by atoms with Crippen LogP contribution in [0.4, 0.5) is 0 Å². The average molecular weight is 194 g/mol. The fraction of sp³-hybridized carbons (Fsp3) is 0.500. The van der Waals surface area contributed by atoms with E-state index in [1.165, 1.54) is 6.08 Å². The molecule has 0 bridgehead atoms. The molecule has 0 aromatic rings. The summed E-state index contributed by atoms with van der Waals surface area (Å²) in [5.41, 5.74) is 0. The fourth-order valence-electron chi connectivity index (χ4n) is 0.327. The van der Waals surface area contributed by atoms with Gasteiger partial charge in [0.15, 0.2) is 0 Å². The first kappa shape index (κ1) is 11.6. The van der Waals surface area contributed by atoms with Crippen molar-refractivity contribution in [3.05, 3.63) is 12.2 Å². The van der Waals surface area contributed by atoms with E-state index >= 15 is 0 Å². The van der Waals surface area contributed by atoms with Gasteiger partial charge in [0.1, 0.15) is 6.29 Å². The largest absolute Gasteiger partial charge is 0.306 e. The third kappa shape index (κ3) is 11.4. The number of hydrogen-bond acceptors (Lipinski definition) is 2. The normalized spacial score (nSPS) is 9.67. The summed E-state index contributed by atoms with van der Waals surface area (Å²) < 4.78 is 0. The van der Waals surface area contributed by atoms with E-state index in [1.807, 2.05) is 25.1 Å². The zero-order valence-electron chi connectivity index (χ0n) is 5.70. The van der Waals surface area contributed by atoms with Gasteiger partial charge in [0.05, 0.1) is 0 Å². The molecule has 54 valence electrons. The van der Waals surface area contributed by atoms with Gasteiger partial charge in [0.2, 0.25) is 0 Å². The van der Waals surface area contributed by atoms with Crippen molar-refractivity contribution < 1.29 is 4.79 Å². The highest BCUT2D eigenvalue weighted by atomic mass is 79.9. The molecule has 0 radical (unpaired) electrons. The van der Waals surface area contributed by atoms with Gasteiger partial charge in [0.25, 0.3) is 0 Å². The molecular formula is C6H12BrNO. The molecule has 0 aromatic carbocycles. The van der Waals surface area contributed by atoms with E-state index < -0.39 is 0 Å². The first-order valence-corrected chi connectivity index (χ1v) is 2.52. The van der Waals surface area contributed by atoms with Gasteiger partial charge in [-0.05, 0) is 20.2 Å². The molecule has 0 unspecified atom stereocenters. The van der Waals surface area contributed by atoms with E-state index in [0.29, 0.717) is 0 Å². The van der Waals surface area contributed by atoms with Crippen LogP contribution in [0.1, 0.15) is 0 Å². The summed E-state index contributed by atoms with van der Waals surface area (Å²) in [7, 11) is 3.91. The lowest BCUT2D eigenvalue weighted by atomic mass is 10.5. The Morgan fingerprint density at radius 2 is 2.00 bits per heavy atom. The lowest BCUT2D eigenvalue weighted by Crippen LogP contribution is -2.10. The number of hydrogen-bond donors (Lipinski definition) is 0. The number of carbonyl (C=O) groups is 1. The van der Waals surface area contributed by atoms with E-state index in [1.54, 1.807) is 0 Å². The van der Waals surface area contributed by atoms with Crippen molar-refractivity contribution in [3.8, 4) is 0 Å². The van der Waals surface area contributed by atoms with Gasteiger partial charge in [-0.25, -0.2) is 0 Å². The van der Waals surface area contributed by atoms with Gasteiger partial charge in [0, 0.05) is 6.54 Å². The van der Waals surface area contributed by atoms with Crippen molar-refractivity contribution >= 4 is 23.3 Å². The molecule has 0 spiro atoms. The summed E-state index contributed by atoms with van der Waals surface area (Å²) in [6.45, 7) is 0.832. The zero-order valence-corrected chi connectivity index (χ0v) is 7.42. The van der Waals surface area contributed by atoms with Crippen molar-refractivity contribution in [2.75, 3.05) is 20.6 Å². The Hall–Kier alpha value is -0.150. The third-order valence-corrected chi connectivity index (χ3v) is 0.685. The van der Waals surface area contributed by atoms with Crippen molar-refractivity contribution in [2.24, 2.45) is 0 Å². The number of likely N-dealkylation sites (N-methyl/N-ethyl adjacent to an activating group) is 1. The number of aldehydes is 1. The first-order valence-electron chi connectivity index (χ1n) is 2.52. The topological polar surface area (TPSA) is 20.3 Å². The van der Waals surface area contributed by atoms with Crippen LogP contribution in [0.5, 0.6) is 0 Å². The molecule has 0 aliphatic heterocycles. The van der Waals surface area contributed by atoms with Gasteiger partial charge in [-0.1, -0.05) is 6.08 Å². The number of carbonyl (C=O) groups excluding carboxylic acids is 1. The molecule has 0 atom stereocenters. The lowest BCUT2D eigenvalue weighted by Gasteiger charge is -2.01. The monoisotopic (exact) mass is 193 g/mol. The van der Waals surface area contributed by atoms with Gasteiger partial charge in [-0.3, -0.25) is 4.79 Å². The highest BCUT2D eigenvalue weighted by Gasteiger charge is 1.78. The highest BCUT2D eigenvalue weighted by Crippen LogP contribution is 1.73.